The molecule has 0 saturated carbocycles. The van der Waals surface area contributed by atoms with E-state index in [0.717, 1.165) is 0 Å². The van der Waals surface area contributed by atoms with E-state index < -0.39 is 6.10 Å². The topological polar surface area (TPSA) is 52.6 Å². The minimum atomic E-state index is -0.830. The summed E-state index contributed by atoms with van der Waals surface area (Å²) in [4.78, 5) is 13.4. The first-order valence-corrected chi connectivity index (χ1v) is 5.79. The molecular weight excluding hydrogens is 235 g/mol. The molecule has 1 aromatic carbocycles. The minimum Gasteiger partial charge on any atom is -0.387 e. The normalized spacial score (nSPS) is 14.3. The van der Waals surface area contributed by atoms with Crippen molar-refractivity contribution >= 4 is 5.91 Å². The summed E-state index contributed by atoms with van der Waals surface area (Å²) in [5.74, 6) is -0.502. The third kappa shape index (κ3) is 4.09. The molecule has 1 aromatic rings. The van der Waals surface area contributed by atoms with Crippen molar-refractivity contribution in [3.05, 3.63) is 35.6 Å². The quantitative estimate of drug-likeness (QED) is 0.821. The van der Waals surface area contributed by atoms with Gasteiger partial charge in [0.25, 0.3) is 0 Å². The van der Waals surface area contributed by atoms with Gasteiger partial charge >= 0.3 is 0 Å². The molecule has 1 rings (SSSR count). The van der Waals surface area contributed by atoms with Gasteiger partial charge in [0, 0.05) is 6.54 Å². The van der Waals surface area contributed by atoms with Crippen LogP contribution in [0.3, 0.4) is 0 Å². The molecule has 1 amide bonds. The Morgan fingerprint density at radius 3 is 2.44 bits per heavy atom. The first kappa shape index (κ1) is 14.6. The van der Waals surface area contributed by atoms with Gasteiger partial charge in [-0.05, 0) is 38.7 Å². The Balaban J connectivity index is 2.48. The van der Waals surface area contributed by atoms with Gasteiger partial charge in [0.05, 0.1) is 12.1 Å². The lowest BCUT2D eigenvalue weighted by Gasteiger charge is -2.20. The number of carbonyl (C=O) groups is 1. The molecule has 5 heteroatoms. The van der Waals surface area contributed by atoms with Gasteiger partial charge in [-0.1, -0.05) is 12.1 Å². The van der Waals surface area contributed by atoms with Crippen LogP contribution < -0.4 is 5.32 Å². The molecule has 18 heavy (non-hydrogen) atoms. The first-order chi connectivity index (χ1) is 8.41. The SMILES string of the molecule is C[C@@H](C(=O)NCC(O)c1ccc(F)cc1)N(C)C. The van der Waals surface area contributed by atoms with Crippen molar-refractivity contribution in [3.63, 3.8) is 0 Å². The van der Waals surface area contributed by atoms with Gasteiger partial charge in [0.15, 0.2) is 0 Å². The van der Waals surface area contributed by atoms with Crippen LogP contribution in [0.2, 0.25) is 0 Å². The molecule has 0 aliphatic carbocycles. The van der Waals surface area contributed by atoms with Crippen molar-refractivity contribution in [2.45, 2.75) is 19.1 Å². The summed E-state index contributed by atoms with van der Waals surface area (Å²) in [7, 11) is 3.61. The predicted molar refractivity (Wildman–Crippen MR) is 67.5 cm³/mol. The predicted octanol–water partition coefficient (Wildman–Crippen LogP) is 0.925. The first-order valence-electron chi connectivity index (χ1n) is 5.79. The number of likely N-dealkylation sites (N-methyl/N-ethyl adjacent to an activating group) is 1. The monoisotopic (exact) mass is 254 g/mol. The van der Waals surface area contributed by atoms with Crippen LogP contribution >= 0.6 is 0 Å². The molecule has 2 atom stereocenters. The fourth-order valence-corrected chi connectivity index (χ4v) is 1.38. The number of carbonyl (C=O) groups excluding carboxylic acids is 1. The fraction of sp³-hybridized carbons (Fsp3) is 0.462. The number of benzene rings is 1. The van der Waals surface area contributed by atoms with E-state index in [1.807, 2.05) is 0 Å². The lowest BCUT2D eigenvalue weighted by Crippen LogP contribution is -2.42. The summed E-state index contributed by atoms with van der Waals surface area (Å²) < 4.78 is 12.7. The Kier molecular flexibility index (Phi) is 5.25. The highest BCUT2D eigenvalue weighted by Crippen LogP contribution is 2.12. The van der Waals surface area contributed by atoms with Gasteiger partial charge < -0.3 is 10.4 Å². The van der Waals surface area contributed by atoms with Gasteiger partial charge in [-0.15, -0.1) is 0 Å². The maximum Gasteiger partial charge on any atom is 0.237 e. The smallest absolute Gasteiger partial charge is 0.237 e. The summed E-state index contributed by atoms with van der Waals surface area (Å²) in [6.45, 7) is 1.89. The van der Waals surface area contributed by atoms with E-state index in [1.54, 1.807) is 25.9 Å². The van der Waals surface area contributed by atoms with Crippen LogP contribution in [-0.4, -0.2) is 42.6 Å². The van der Waals surface area contributed by atoms with Crippen molar-refractivity contribution in [1.82, 2.24) is 10.2 Å². The molecule has 0 aliphatic heterocycles. The summed E-state index contributed by atoms with van der Waals surface area (Å²) in [6, 6.07) is 5.31. The second-order valence-corrected chi connectivity index (χ2v) is 4.45. The number of halogens is 1. The number of aliphatic hydroxyl groups is 1. The second-order valence-electron chi connectivity index (χ2n) is 4.45. The average molecular weight is 254 g/mol. The molecule has 2 N–H and O–H groups in total. The lowest BCUT2D eigenvalue weighted by molar-refractivity contribution is -0.125. The van der Waals surface area contributed by atoms with Crippen LogP contribution in [0, 0.1) is 5.82 Å². The van der Waals surface area contributed by atoms with Crippen LogP contribution in [0.25, 0.3) is 0 Å². The van der Waals surface area contributed by atoms with Gasteiger partial charge in [-0.25, -0.2) is 4.39 Å². The van der Waals surface area contributed by atoms with Crippen molar-refractivity contribution in [3.8, 4) is 0 Å². The van der Waals surface area contributed by atoms with E-state index in [-0.39, 0.29) is 24.3 Å². The van der Waals surface area contributed by atoms with Crippen molar-refractivity contribution in [2.24, 2.45) is 0 Å². The van der Waals surface area contributed by atoms with E-state index in [1.165, 1.54) is 24.3 Å². The number of rotatable bonds is 5. The molecule has 1 unspecified atom stereocenters. The maximum atomic E-state index is 12.7. The van der Waals surface area contributed by atoms with Gasteiger partial charge in [0.1, 0.15) is 5.82 Å². The van der Waals surface area contributed by atoms with E-state index in [9.17, 15) is 14.3 Å². The number of hydrogen-bond donors (Lipinski definition) is 2. The molecule has 0 bridgehead atoms. The van der Waals surface area contributed by atoms with Crippen molar-refractivity contribution < 1.29 is 14.3 Å². The van der Waals surface area contributed by atoms with Crippen molar-refractivity contribution in [2.75, 3.05) is 20.6 Å². The Morgan fingerprint density at radius 2 is 1.94 bits per heavy atom. The minimum absolute atomic E-state index is 0.114. The van der Waals surface area contributed by atoms with E-state index >= 15 is 0 Å². The zero-order valence-electron chi connectivity index (χ0n) is 10.9. The number of nitrogens with zero attached hydrogens (tertiary/aromatic N) is 1. The van der Waals surface area contributed by atoms with Crippen LogP contribution in [-0.2, 0) is 4.79 Å². The summed E-state index contributed by atoms with van der Waals surface area (Å²) >= 11 is 0. The zero-order chi connectivity index (χ0) is 13.7. The third-order valence-corrected chi connectivity index (χ3v) is 2.88. The molecule has 0 radical (unpaired) electrons. The highest BCUT2D eigenvalue weighted by molar-refractivity contribution is 5.81. The van der Waals surface area contributed by atoms with Crippen LogP contribution in [0.4, 0.5) is 4.39 Å². The molecule has 100 valence electrons. The maximum absolute atomic E-state index is 12.7. The number of hydrogen-bond acceptors (Lipinski definition) is 3. The number of aliphatic hydroxyl groups excluding tert-OH is 1. The van der Waals surface area contributed by atoms with Gasteiger partial charge in [0.2, 0.25) is 5.91 Å². The standard InChI is InChI=1S/C13H19FN2O2/c1-9(16(2)3)13(18)15-8-12(17)10-4-6-11(14)7-5-10/h4-7,9,12,17H,8H2,1-3H3,(H,15,18)/t9-,12?/m0/s1. The van der Waals surface area contributed by atoms with Crippen LogP contribution in [0.1, 0.15) is 18.6 Å². The Morgan fingerprint density at radius 1 is 1.39 bits per heavy atom. The molecule has 0 spiro atoms. The molecular formula is C13H19FN2O2. The molecule has 0 saturated heterocycles. The highest BCUT2D eigenvalue weighted by atomic mass is 19.1. The van der Waals surface area contributed by atoms with Gasteiger partial charge in [-0.3, -0.25) is 9.69 Å². The molecule has 0 aromatic heterocycles. The van der Waals surface area contributed by atoms with E-state index in [2.05, 4.69) is 5.32 Å². The Labute approximate surface area is 106 Å². The zero-order valence-corrected chi connectivity index (χ0v) is 10.9. The molecule has 0 heterocycles. The highest BCUT2D eigenvalue weighted by Gasteiger charge is 2.16. The summed E-state index contributed by atoms with van der Waals surface area (Å²) in [5.41, 5.74) is 0.578. The fourth-order valence-electron chi connectivity index (χ4n) is 1.38. The van der Waals surface area contributed by atoms with Crippen molar-refractivity contribution in [1.29, 1.82) is 0 Å². The van der Waals surface area contributed by atoms with Gasteiger partial charge in [-0.2, -0.15) is 0 Å². The lowest BCUT2D eigenvalue weighted by atomic mass is 10.1. The molecule has 0 fully saturated rings. The Hall–Kier alpha value is -1.46. The second kappa shape index (κ2) is 6.47. The van der Waals surface area contributed by atoms with E-state index in [0.29, 0.717) is 5.56 Å². The molecule has 0 aliphatic rings. The summed E-state index contributed by atoms with van der Waals surface area (Å²) in [6.07, 6.45) is -0.830. The van der Waals surface area contributed by atoms with E-state index in [4.69, 9.17) is 0 Å². The largest absolute Gasteiger partial charge is 0.387 e. The third-order valence-electron chi connectivity index (χ3n) is 2.88. The Bertz CT molecular complexity index is 392. The number of nitrogens with one attached hydrogen (secondary N) is 1. The van der Waals surface area contributed by atoms with Crippen LogP contribution in [0.15, 0.2) is 24.3 Å². The van der Waals surface area contributed by atoms with Crippen LogP contribution in [0.5, 0.6) is 0 Å². The number of amides is 1. The molecule has 4 nitrogen and oxygen atoms in total. The summed E-state index contributed by atoms with van der Waals surface area (Å²) in [5, 5.41) is 12.5. The average Bonchev–Trinajstić information content (AvgIpc) is 2.35.